The highest BCUT2D eigenvalue weighted by molar-refractivity contribution is 6.34. The van der Waals surface area contributed by atoms with Crippen LogP contribution in [0.2, 0.25) is 5.02 Å². The van der Waals surface area contributed by atoms with Crippen molar-refractivity contribution in [2.75, 3.05) is 6.61 Å². The highest BCUT2D eigenvalue weighted by atomic mass is 35.5. The summed E-state index contributed by atoms with van der Waals surface area (Å²) in [5.41, 5.74) is -1.73. The minimum atomic E-state index is -4.77. The summed E-state index contributed by atoms with van der Waals surface area (Å²) in [5.74, 6) is -1.61. The van der Waals surface area contributed by atoms with Gasteiger partial charge in [0, 0.05) is 18.8 Å². The van der Waals surface area contributed by atoms with E-state index >= 15 is 0 Å². The van der Waals surface area contributed by atoms with E-state index in [1.807, 2.05) is 0 Å². The predicted octanol–water partition coefficient (Wildman–Crippen LogP) is 2.29. The third-order valence-corrected chi connectivity index (χ3v) is 2.76. The number of nitrogens with one attached hydrogen (secondary N) is 1. The van der Waals surface area contributed by atoms with Gasteiger partial charge >= 0.3 is 12.1 Å². The van der Waals surface area contributed by atoms with Crippen molar-refractivity contribution in [3.63, 3.8) is 0 Å². The van der Waals surface area contributed by atoms with Crippen LogP contribution < -0.4 is 5.32 Å². The fourth-order valence-corrected chi connectivity index (χ4v) is 1.91. The Morgan fingerprint density at radius 1 is 1.45 bits per heavy atom. The van der Waals surface area contributed by atoms with Crippen LogP contribution in [-0.2, 0) is 22.8 Å². The van der Waals surface area contributed by atoms with Crippen molar-refractivity contribution in [1.82, 2.24) is 15.1 Å². The van der Waals surface area contributed by atoms with E-state index in [0.29, 0.717) is 0 Å². The highest BCUT2D eigenvalue weighted by Crippen LogP contribution is 2.35. The summed E-state index contributed by atoms with van der Waals surface area (Å²) in [6, 6.07) is 0. The Morgan fingerprint density at radius 2 is 2.05 bits per heavy atom. The van der Waals surface area contributed by atoms with E-state index in [0.717, 1.165) is 17.8 Å². The molecule has 0 atom stereocenters. The minimum Gasteiger partial charge on any atom is -0.463 e. The van der Waals surface area contributed by atoms with Crippen LogP contribution in [0.3, 0.4) is 0 Å². The molecule has 0 fully saturated rings. The molecule has 0 aliphatic rings. The number of halogens is 4. The number of ether oxygens (including phenoxy) is 1. The predicted molar refractivity (Wildman–Crippen MR) is 71.1 cm³/mol. The maximum absolute atomic E-state index is 12.7. The first-order chi connectivity index (χ1) is 10.1. The Hall–Kier alpha value is -2.03. The number of alkyl halides is 3. The Morgan fingerprint density at radius 3 is 2.50 bits per heavy atom. The number of hydrogen-bond donors (Lipinski definition) is 1. The molecular weight excluding hydrogens is 327 g/mol. The summed E-state index contributed by atoms with van der Waals surface area (Å²) >= 11 is 5.57. The van der Waals surface area contributed by atoms with Crippen molar-refractivity contribution in [1.29, 1.82) is 0 Å². The summed E-state index contributed by atoms with van der Waals surface area (Å²) < 4.78 is 43.3. The van der Waals surface area contributed by atoms with E-state index in [1.165, 1.54) is 6.92 Å². The van der Waals surface area contributed by atoms with E-state index in [9.17, 15) is 22.8 Å². The molecular formula is C12H13ClF3N3O3. The number of esters is 1. The number of nitrogens with zero attached hydrogens (tertiary/aromatic N) is 2. The molecule has 1 N–H and O–H groups in total. The standard InChI is InChI=1S/C12H13ClF3N3O3/c1-4-22-7(20)5-6(2)17-11(21)9-8(13)10(12(14,15)16)18-19(9)3/h5H,4H2,1-3H3,(H,17,21)/b6-5+. The average molecular weight is 340 g/mol. The van der Waals surface area contributed by atoms with Crippen LogP contribution in [0.1, 0.15) is 30.0 Å². The molecule has 0 aromatic carbocycles. The molecule has 0 bridgehead atoms. The van der Waals surface area contributed by atoms with Gasteiger partial charge in [-0.3, -0.25) is 9.48 Å². The second kappa shape index (κ2) is 6.82. The van der Waals surface area contributed by atoms with Gasteiger partial charge in [0.2, 0.25) is 0 Å². The molecule has 22 heavy (non-hydrogen) atoms. The summed E-state index contributed by atoms with van der Waals surface area (Å²) in [7, 11) is 1.15. The molecule has 10 heteroatoms. The zero-order valence-corrected chi connectivity index (χ0v) is 12.7. The fourth-order valence-electron chi connectivity index (χ4n) is 1.56. The summed E-state index contributed by atoms with van der Waals surface area (Å²) in [5, 5.41) is 4.62. The van der Waals surface area contributed by atoms with Gasteiger partial charge < -0.3 is 10.1 Å². The quantitative estimate of drug-likeness (QED) is 0.674. The van der Waals surface area contributed by atoms with E-state index in [4.69, 9.17) is 11.6 Å². The molecule has 0 spiro atoms. The number of carbonyl (C=O) groups excluding carboxylic acids is 2. The first-order valence-corrected chi connectivity index (χ1v) is 6.41. The first kappa shape index (κ1) is 18.0. The molecule has 0 saturated heterocycles. The second-order valence-corrected chi connectivity index (χ2v) is 4.54. The van der Waals surface area contributed by atoms with Crippen LogP contribution in [0.25, 0.3) is 0 Å². The summed E-state index contributed by atoms with van der Waals surface area (Å²) in [6.45, 7) is 3.14. The maximum Gasteiger partial charge on any atom is 0.436 e. The fraction of sp³-hybridized carbons (Fsp3) is 0.417. The van der Waals surface area contributed by atoms with Crippen molar-refractivity contribution >= 4 is 23.5 Å². The van der Waals surface area contributed by atoms with Gasteiger partial charge in [-0.1, -0.05) is 11.6 Å². The monoisotopic (exact) mass is 339 g/mol. The normalized spacial score (nSPS) is 12.2. The van der Waals surface area contributed by atoms with Gasteiger partial charge in [0.1, 0.15) is 10.7 Å². The van der Waals surface area contributed by atoms with Gasteiger partial charge in [-0.2, -0.15) is 18.3 Å². The smallest absolute Gasteiger partial charge is 0.436 e. The molecule has 0 unspecified atom stereocenters. The third-order valence-electron chi connectivity index (χ3n) is 2.40. The van der Waals surface area contributed by atoms with Crippen LogP contribution >= 0.6 is 11.6 Å². The van der Waals surface area contributed by atoms with Crippen molar-refractivity contribution in [2.45, 2.75) is 20.0 Å². The SMILES string of the molecule is CCOC(=O)/C=C(\C)NC(=O)c1c(Cl)c(C(F)(F)F)nn1C. The van der Waals surface area contributed by atoms with Gasteiger partial charge in [0.05, 0.1) is 6.61 Å². The number of carbonyl (C=O) groups is 2. The van der Waals surface area contributed by atoms with Crippen molar-refractivity contribution in [3.05, 3.63) is 28.2 Å². The number of amides is 1. The van der Waals surface area contributed by atoms with Gasteiger partial charge in [0.25, 0.3) is 5.91 Å². The zero-order chi connectivity index (χ0) is 17.1. The van der Waals surface area contributed by atoms with Crippen molar-refractivity contribution in [2.24, 2.45) is 7.05 Å². The Bertz CT molecular complexity index is 623. The molecule has 6 nitrogen and oxygen atoms in total. The number of hydrogen-bond acceptors (Lipinski definition) is 4. The van der Waals surface area contributed by atoms with E-state index in [1.54, 1.807) is 6.92 Å². The lowest BCUT2D eigenvalue weighted by Crippen LogP contribution is -2.25. The Kier molecular flexibility index (Phi) is 5.59. The van der Waals surface area contributed by atoms with Crippen LogP contribution in [0, 0.1) is 0 Å². The van der Waals surface area contributed by atoms with Gasteiger partial charge in [-0.05, 0) is 13.8 Å². The van der Waals surface area contributed by atoms with Gasteiger partial charge in [-0.25, -0.2) is 4.79 Å². The molecule has 122 valence electrons. The molecule has 1 aromatic rings. The summed E-state index contributed by atoms with van der Waals surface area (Å²) in [6.07, 6.45) is -3.78. The molecule has 1 rings (SSSR count). The lowest BCUT2D eigenvalue weighted by atomic mass is 10.3. The number of allylic oxidation sites excluding steroid dienone is 1. The number of rotatable bonds is 4. The number of aryl methyl sites for hydroxylation is 1. The molecule has 1 amide bonds. The first-order valence-electron chi connectivity index (χ1n) is 6.04. The molecule has 0 aliphatic heterocycles. The molecule has 0 aliphatic carbocycles. The van der Waals surface area contributed by atoms with E-state index in [-0.39, 0.29) is 12.3 Å². The highest BCUT2D eigenvalue weighted by Gasteiger charge is 2.39. The largest absolute Gasteiger partial charge is 0.463 e. The van der Waals surface area contributed by atoms with Gasteiger partial charge in [-0.15, -0.1) is 0 Å². The second-order valence-electron chi connectivity index (χ2n) is 4.17. The third kappa shape index (κ3) is 4.23. The van der Waals surface area contributed by atoms with Crippen molar-refractivity contribution in [3.8, 4) is 0 Å². The Labute approximate surface area is 128 Å². The molecule has 1 heterocycles. The van der Waals surface area contributed by atoms with E-state index in [2.05, 4.69) is 15.2 Å². The lowest BCUT2D eigenvalue weighted by molar-refractivity contribution is -0.141. The minimum absolute atomic E-state index is 0.0919. The van der Waals surface area contributed by atoms with Gasteiger partial charge in [0.15, 0.2) is 5.69 Å². The molecule has 0 saturated carbocycles. The zero-order valence-electron chi connectivity index (χ0n) is 11.9. The molecule has 0 radical (unpaired) electrons. The van der Waals surface area contributed by atoms with Crippen LogP contribution in [0.4, 0.5) is 13.2 Å². The van der Waals surface area contributed by atoms with Crippen LogP contribution in [0.5, 0.6) is 0 Å². The van der Waals surface area contributed by atoms with Crippen LogP contribution in [0.15, 0.2) is 11.8 Å². The topological polar surface area (TPSA) is 73.2 Å². The van der Waals surface area contributed by atoms with Crippen LogP contribution in [-0.4, -0.2) is 28.3 Å². The van der Waals surface area contributed by atoms with E-state index < -0.39 is 34.5 Å². The maximum atomic E-state index is 12.7. The Balaban J connectivity index is 3.00. The summed E-state index contributed by atoms with van der Waals surface area (Å²) in [4.78, 5) is 23.2. The molecule has 1 aromatic heterocycles. The number of aromatic nitrogens is 2. The average Bonchev–Trinajstić information content (AvgIpc) is 2.64. The van der Waals surface area contributed by atoms with Crippen molar-refractivity contribution < 1.29 is 27.5 Å². The lowest BCUT2D eigenvalue weighted by Gasteiger charge is -2.06.